The molecule has 2 unspecified atom stereocenters. The van der Waals surface area contributed by atoms with Crippen LogP contribution in [0.2, 0.25) is 0 Å². The number of fused-ring (bicyclic) bond motifs is 4. The van der Waals surface area contributed by atoms with Gasteiger partial charge in [-0.3, -0.25) is 0 Å². The Morgan fingerprint density at radius 1 is 0.812 bits per heavy atom. The average Bonchev–Trinajstić information content (AvgIpc) is 3.06. The summed E-state index contributed by atoms with van der Waals surface area (Å²) in [6.45, 7) is 3.34. The summed E-state index contributed by atoms with van der Waals surface area (Å²) in [4.78, 5) is 25.9. The van der Waals surface area contributed by atoms with Gasteiger partial charge in [-0.1, -0.05) is 0 Å². The highest BCUT2D eigenvalue weighted by Crippen LogP contribution is 2.48. The van der Waals surface area contributed by atoms with Crippen molar-refractivity contribution in [3.05, 3.63) is 67.4 Å². The number of ether oxygens (including phenoxy) is 2. The number of benzene rings is 2. The molecule has 2 atom stereocenters. The van der Waals surface area contributed by atoms with E-state index >= 15 is 0 Å². The molecule has 0 amide bonds. The summed E-state index contributed by atoms with van der Waals surface area (Å²) in [7, 11) is 1.34. The second kappa shape index (κ2) is 6.76. The Bertz CT molecular complexity index is 1540. The number of rotatable bonds is 2. The molecule has 1 aliphatic heterocycles. The lowest BCUT2D eigenvalue weighted by atomic mass is 9.91. The SMILES string of the molecule is COC1Oc2c(c(=O)oc3cc(O)cc(C)c23)C1c1c(O)c2c(C)cc(O)cc2oc1=O. The van der Waals surface area contributed by atoms with Crippen LogP contribution >= 0.6 is 0 Å². The molecule has 3 heterocycles. The fourth-order valence-corrected chi connectivity index (χ4v) is 4.45. The topological polar surface area (TPSA) is 140 Å². The van der Waals surface area contributed by atoms with E-state index in [1.54, 1.807) is 13.8 Å². The van der Waals surface area contributed by atoms with E-state index in [0.29, 0.717) is 16.5 Å². The Labute approximate surface area is 179 Å². The summed E-state index contributed by atoms with van der Waals surface area (Å²) in [6.07, 6.45) is -1.13. The lowest BCUT2D eigenvalue weighted by molar-refractivity contribution is -0.0472. The fraction of sp³-hybridized carbons (Fsp3) is 0.217. The number of phenols is 2. The van der Waals surface area contributed by atoms with Gasteiger partial charge in [0, 0.05) is 19.2 Å². The van der Waals surface area contributed by atoms with Gasteiger partial charge in [-0.05, 0) is 37.1 Å². The van der Waals surface area contributed by atoms with Gasteiger partial charge < -0.3 is 33.6 Å². The molecule has 2 aromatic heterocycles. The molecule has 9 heteroatoms. The molecule has 32 heavy (non-hydrogen) atoms. The van der Waals surface area contributed by atoms with E-state index in [1.165, 1.54) is 31.4 Å². The summed E-state index contributed by atoms with van der Waals surface area (Å²) in [5, 5.41) is 31.4. The second-order valence-electron chi connectivity index (χ2n) is 7.76. The highest BCUT2D eigenvalue weighted by Gasteiger charge is 2.44. The van der Waals surface area contributed by atoms with Crippen LogP contribution in [0.5, 0.6) is 23.0 Å². The van der Waals surface area contributed by atoms with Gasteiger partial charge in [0.25, 0.3) is 0 Å². The number of hydrogen-bond acceptors (Lipinski definition) is 9. The highest BCUT2D eigenvalue weighted by atomic mass is 16.7. The molecule has 3 N–H and O–H groups in total. The van der Waals surface area contributed by atoms with Crippen LogP contribution < -0.4 is 16.0 Å². The molecule has 1 aliphatic rings. The first-order valence-corrected chi connectivity index (χ1v) is 9.70. The number of methoxy groups -OCH3 is 1. The van der Waals surface area contributed by atoms with Crippen LogP contribution in [-0.2, 0) is 4.74 Å². The minimum atomic E-state index is -1.14. The van der Waals surface area contributed by atoms with E-state index in [9.17, 15) is 24.9 Å². The van der Waals surface area contributed by atoms with Crippen LogP contribution in [0.15, 0.2) is 42.7 Å². The van der Waals surface area contributed by atoms with Gasteiger partial charge in [0.1, 0.15) is 34.2 Å². The van der Waals surface area contributed by atoms with Crippen molar-refractivity contribution in [1.29, 1.82) is 0 Å². The quantitative estimate of drug-likeness (QED) is 0.403. The molecule has 0 bridgehead atoms. The third-order valence-electron chi connectivity index (χ3n) is 5.74. The molecular formula is C23H18O9. The van der Waals surface area contributed by atoms with Crippen molar-refractivity contribution < 1.29 is 33.6 Å². The molecular weight excluding hydrogens is 420 g/mol. The highest BCUT2D eigenvalue weighted by molar-refractivity contribution is 5.91. The third kappa shape index (κ3) is 2.68. The van der Waals surface area contributed by atoms with E-state index < -0.39 is 29.2 Å². The minimum Gasteiger partial charge on any atom is -0.508 e. The van der Waals surface area contributed by atoms with Crippen LogP contribution in [0.25, 0.3) is 21.9 Å². The van der Waals surface area contributed by atoms with Crippen LogP contribution in [0.4, 0.5) is 0 Å². The summed E-state index contributed by atoms with van der Waals surface area (Å²) < 4.78 is 22.1. The number of phenolic OH excluding ortho intramolecular Hbond substituents is 2. The standard InChI is InChI=1S/C23H18O9/c1-8-4-10(24)6-12-14(8)19(26)17(21(27)30-12)16-18-20(32-23(16)29-3)15-9(2)5-11(25)7-13(15)31-22(18)28/h4-7,16,23-26H,1-3H3. The van der Waals surface area contributed by atoms with Crippen molar-refractivity contribution in [1.82, 2.24) is 0 Å². The van der Waals surface area contributed by atoms with Gasteiger partial charge in [0.05, 0.1) is 27.8 Å². The van der Waals surface area contributed by atoms with Gasteiger partial charge in [-0.2, -0.15) is 0 Å². The maximum Gasteiger partial charge on any atom is 0.344 e. The maximum atomic E-state index is 13.0. The Morgan fingerprint density at radius 3 is 1.94 bits per heavy atom. The van der Waals surface area contributed by atoms with Crippen LogP contribution in [0, 0.1) is 13.8 Å². The van der Waals surface area contributed by atoms with Gasteiger partial charge in [-0.15, -0.1) is 0 Å². The van der Waals surface area contributed by atoms with Crippen molar-refractivity contribution >= 4 is 21.9 Å². The molecule has 5 rings (SSSR count). The number of hydrogen-bond donors (Lipinski definition) is 3. The Kier molecular flexibility index (Phi) is 4.22. The maximum absolute atomic E-state index is 13.0. The zero-order valence-electron chi connectivity index (χ0n) is 17.3. The molecule has 0 saturated heterocycles. The van der Waals surface area contributed by atoms with Crippen molar-refractivity contribution in [2.45, 2.75) is 26.1 Å². The first-order valence-electron chi connectivity index (χ1n) is 9.70. The number of aryl methyl sites for hydroxylation is 2. The lowest BCUT2D eigenvalue weighted by Crippen LogP contribution is -2.28. The second-order valence-corrected chi connectivity index (χ2v) is 7.76. The molecule has 2 aromatic carbocycles. The van der Waals surface area contributed by atoms with E-state index in [0.717, 1.165) is 0 Å². The zero-order chi connectivity index (χ0) is 22.9. The van der Waals surface area contributed by atoms with Gasteiger partial charge in [0.2, 0.25) is 6.29 Å². The predicted molar refractivity (Wildman–Crippen MR) is 113 cm³/mol. The largest absolute Gasteiger partial charge is 0.508 e. The van der Waals surface area contributed by atoms with Crippen LogP contribution in [0.3, 0.4) is 0 Å². The van der Waals surface area contributed by atoms with Crippen molar-refractivity contribution in [3.8, 4) is 23.0 Å². The summed E-state index contributed by atoms with van der Waals surface area (Å²) >= 11 is 0. The van der Waals surface area contributed by atoms with Crippen LogP contribution in [0.1, 0.15) is 28.2 Å². The Hall–Kier alpha value is -3.98. The molecule has 0 fully saturated rings. The number of aromatic hydroxyl groups is 3. The van der Waals surface area contributed by atoms with Gasteiger partial charge in [0.15, 0.2) is 0 Å². The summed E-state index contributed by atoms with van der Waals surface area (Å²) in [5.74, 6) is -1.60. The Balaban J connectivity index is 1.87. The van der Waals surface area contributed by atoms with E-state index in [-0.39, 0.29) is 44.9 Å². The fourth-order valence-electron chi connectivity index (χ4n) is 4.45. The third-order valence-corrected chi connectivity index (χ3v) is 5.74. The lowest BCUT2D eigenvalue weighted by Gasteiger charge is -2.18. The first-order chi connectivity index (χ1) is 15.2. The minimum absolute atomic E-state index is 0.00118. The molecule has 0 radical (unpaired) electrons. The summed E-state index contributed by atoms with van der Waals surface area (Å²) in [6, 6.07) is 5.41. The molecule has 0 aliphatic carbocycles. The first kappa shape index (κ1) is 20.0. The predicted octanol–water partition coefficient (Wildman–Crippen LogP) is 3.13. The zero-order valence-corrected chi connectivity index (χ0v) is 17.3. The molecule has 9 nitrogen and oxygen atoms in total. The van der Waals surface area contributed by atoms with Crippen molar-refractivity contribution in [3.63, 3.8) is 0 Å². The normalized spacial score (nSPS) is 17.6. The summed E-state index contributed by atoms with van der Waals surface area (Å²) in [5.41, 5.74) is -0.782. The molecule has 0 saturated carbocycles. The smallest absolute Gasteiger partial charge is 0.344 e. The van der Waals surface area contributed by atoms with Crippen molar-refractivity contribution in [2.75, 3.05) is 7.11 Å². The van der Waals surface area contributed by atoms with E-state index in [1.807, 2.05) is 0 Å². The van der Waals surface area contributed by atoms with Crippen LogP contribution in [-0.4, -0.2) is 28.7 Å². The van der Waals surface area contributed by atoms with Gasteiger partial charge in [-0.25, -0.2) is 9.59 Å². The van der Waals surface area contributed by atoms with Crippen molar-refractivity contribution in [2.24, 2.45) is 0 Å². The van der Waals surface area contributed by atoms with E-state index in [2.05, 4.69) is 0 Å². The average molecular weight is 438 g/mol. The monoisotopic (exact) mass is 438 g/mol. The molecule has 164 valence electrons. The Morgan fingerprint density at radius 2 is 1.34 bits per heavy atom. The molecule has 4 aromatic rings. The van der Waals surface area contributed by atoms with Gasteiger partial charge >= 0.3 is 11.3 Å². The molecule has 0 spiro atoms. The van der Waals surface area contributed by atoms with E-state index in [4.69, 9.17) is 18.3 Å².